The fourth-order valence-electron chi connectivity index (χ4n) is 2.06. The molecule has 0 N–H and O–H groups in total. The number of aromatic nitrogens is 1. The summed E-state index contributed by atoms with van der Waals surface area (Å²) in [5.41, 5.74) is -0.0528. The van der Waals surface area contributed by atoms with Gasteiger partial charge in [0.2, 0.25) is 5.91 Å². The topological polar surface area (TPSA) is 79.6 Å². The van der Waals surface area contributed by atoms with Gasteiger partial charge in [0.15, 0.2) is 0 Å². The number of likely N-dealkylation sites (tertiary alicyclic amines) is 1. The largest absolute Gasteiger partial charge is 0.350 e. The third kappa shape index (κ3) is 3.18. The fourth-order valence-corrected chi connectivity index (χ4v) is 2.06. The summed E-state index contributed by atoms with van der Waals surface area (Å²) in [5, 5.41) is 10.5. The first-order chi connectivity index (χ1) is 9.08. The fraction of sp³-hybridized carbons (Fsp3) is 0.500. The molecule has 0 aromatic carbocycles. The van der Waals surface area contributed by atoms with E-state index in [2.05, 4.69) is 4.98 Å². The van der Waals surface area contributed by atoms with Crippen molar-refractivity contribution in [2.45, 2.75) is 12.8 Å². The van der Waals surface area contributed by atoms with Gasteiger partial charge in [0.25, 0.3) is 5.69 Å². The summed E-state index contributed by atoms with van der Waals surface area (Å²) in [5.74, 6) is 0.623. The standard InChI is InChI=1S/C12H16N4O3/c1-14(9-12(17)15-6-2-3-7-15)11-5-4-10(8-13-11)16(18)19/h4-5,8H,2-3,6-7,9H2,1H3. The van der Waals surface area contributed by atoms with E-state index in [0.29, 0.717) is 5.82 Å². The SMILES string of the molecule is CN(CC(=O)N1CCCC1)c1ccc([N+](=O)[O-])cn1. The molecular weight excluding hydrogens is 248 g/mol. The van der Waals surface area contributed by atoms with E-state index >= 15 is 0 Å². The van der Waals surface area contributed by atoms with Crippen molar-refractivity contribution in [3.63, 3.8) is 0 Å². The number of rotatable bonds is 4. The van der Waals surface area contributed by atoms with Gasteiger partial charge in [-0.3, -0.25) is 14.9 Å². The Morgan fingerprint density at radius 1 is 1.47 bits per heavy atom. The third-order valence-electron chi connectivity index (χ3n) is 3.17. The Bertz CT molecular complexity index is 468. The normalized spacial score (nSPS) is 14.5. The molecule has 2 heterocycles. The predicted molar refractivity (Wildman–Crippen MR) is 70.0 cm³/mol. The third-order valence-corrected chi connectivity index (χ3v) is 3.17. The minimum absolute atomic E-state index is 0.0528. The van der Waals surface area contributed by atoms with E-state index in [1.54, 1.807) is 18.0 Å². The quantitative estimate of drug-likeness (QED) is 0.600. The van der Waals surface area contributed by atoms with Crippen molar-refractivity contribution in [3.8, 4) is 0 Å². The average Bonchev–Trinajstić information content (AvgIpc) is 2.92. The van der Waals surface area contributed by atoms with Gasteiger partial charge in [0.05, 0.1) is 11.5 Å². The number of amides is 1. The van der Waals surface area contributed by atoms with Gasteiger partial charge in [-0.1, -0.05) is 0 Å². The van der Waals surface area contributed by atoms with Crippen molar-refractivity contribution in [2.75, 3.05) is 31.6 Å². The Hall–Kier alpha value is -2.18. The molecule has 0 saturated carbocycles. The highest BCUT2D eigenvalue weighted by molar-refractivity contribution is 5.81. The van der Waals surface area contributed by atoms with Crippen molar-refractivity contribution in [1.82, 2.24) is 9.88 Å². The lowest BCUT2D eigenvalue weighted by Gasteiger charge is -2.21. The van der Waals surface area contributed by atoms with Crippen LogP contribution in [0.1, 0.15) is 12.8 Å². The van der Waals surface area contributed by atoms with E-state index in [4.69, 9.17) is 0 Å². The second-order valence-corrected chi connectivity index (χ2v) is 4.58. The lowest BCUT2D eigenvalue weighted by atomic mass is 10.4. The molecule has 0 atom stereocenters. The lowest BCUT2D eigenvalue weighted by Crippen LogP contribution is -2.37. The van der Waals surface area contributed by atoms with Gasteiger partial charge < -0.3 is 9.80 Å². The van der Waals surface area contributed by atoms with Gasteiger partial charge in [-0.25, -0.2) is 4.98 Å². The van der Waals surface area contributed by atoms with Crippen molar-refractivity contribution in [2.24, 2.45) is 0 Å². The van der Waals surface area contributed by atoms with Gasteiger partial charge in [0, 0.05) is 26.2 Å². The van der Waals surface area contributed by atoms with Crippen LogP contribution in [0, 0.1) is 10.1 Å². The minimum atomic E-state index is -0.494. The molecule has 1 aliphatic rings. The number of hydrogen-bond donors (Lipinski definition) is 0. The molecule has 0 bridgehead atoms. The molecule has 0 aliphatic carbocycles. The summed E-state index contributed by atoms with van der Waals surface area (Å²) in [6, 6.07) is 2.94. The van der Waals surface area contributed by atoms with E-state index in [0.717, 1.165) is 25.9 Å². The zero-order valence-electron chi connectivity index (χ0n) is 10.8. The number of hydrogen-bond acceptors (Lipinski definition) is 5. The predicted octanol–water partition coefficient (Wildman–Crippen LogP) is 1.05. The van der Waals surface area contributed by atoms with Crippen LogP contribution in [0.25, 0.3) is 0 Å². The van der Waals surface area contributed by atoms with Crippen LogP contribution in [-0.2, 0) is 4.79 Å². The molecule has 0 radical (unpaired) electrons. The van der Waals surface area contributed by atoms with E-state index in [-0.39, 0.29) is 18.1 Å². The molecule has 1 aromatic rings. The van der Waals surface area contributed by atoms with Gasteiger partial charge in [-0.2, -0.15) is 0 Å². The lowest BCUT2D eigenvalue weighted by molar-refractivity contribution is -0.385. The molecule has 102 valence electrons. The van der Waals surface area contributed by atoms with E-state index in [1.807, 2.05) is 4.90 Å². The van der Waals surface area contributed by atoms with Crippen molar-refractivity contribution < 1.29 is 9.72 Å². The van der Waals surface area contributed by atoms with Crippen LogP contribution < -0.4 is 4.90 Å². The maximum absolute atomic E-state index is 12.0. The number of carbonyl (C=O) groups is 1. The first kappa shape index (κ1) is 13.3. The molecule has 0 unspecified atom stereocenters. The second kappa shape index (κ2) is 5.64. The van der Waals surface area contributed by atoms with Gasteiger partial charge >= 0.3 is 0 Å². The van der Waals surface area contributed by atoms with Crippen LogP contribution >= 0.6 is 0 Å². The summed E-state index contributed by atoms with van der Waals surface area (Å²) in [6.45, 7) is 1.88. The number of pyridine rings is 1. The van der Waals surface area contributed by atoms with Crippen LogP contribution in [0.15, 0.2) is 18.3 Å². The maximum atomic E-state index is 12.0. The molecule has 19 heavy (non-hydrogen) atoms. The van der Waals surface area contributed by atoms with E-state index < -0.39 is 4.92 Å². The molecule has 0 spiro atoms. The van der Waals surface area contributed by atoms with E-state index in [1.165, 1.54) is 12.3 Å². The first-order valence-corrected chi connectivity index (χ1v) is 6.17. The van der Waals surface area contributed by atoms with Gasteiger partial charge in [0.1, 0.15) is 12.0 Å². The highest BCUT2D eigenvalue weighted by Crippen LogP contribution is 2.15. The number of nitro groups is 1. The van der Waals surface area contributed by atoms with Crippen LogP contribution in [0.4, 0.5) is 11.5 Å². The number of nitrogens with zero attached hydrogens (tertiary/aromatic N) is 4. The Kier molecular flexibility index (Phi) is 3.94. The summed E-state index contributed by atoms with van der Waals surface area (Å²) >= 11 is 0. The molecule has 7 heteroatoms. The average molecular weight is 264 g/mol. The highest BCUT2D eigenvalue weighted by Gasteiger charge is 2.19. The van der Waals surface area contributed by atoms with Crippen LogP contribution in [-0.4, -0.2) is 47.4 Å². The minimum Gasteiger partial charge on any atom is -0.350 e. The summed E-state index contributed by atoms with van der Waals surface area (Å²) < 4.78 is 0. The van der Waals surface area contributed by atoms with Crippen LogP contribution in [0.5, 0.6) is 0 Å². The molecule has 1 aliphatic heterocycles. The molecule has 1 amide bonds. The summed E-state index contributed by atoms with van der Waals surface area (Å²) in [4.78, 5) is 29.5. The number of likely N-dealkylation sites (N-methyl/N-ethyl adjacent to an activating group) is 1. The Labute approximate surface area is 111 Å². The molecule has 2 rings (SSSR count). The molecule has 1 aromatic heterocycles. The Morgan fingerprint density at radius 2 is 2.16 bits per heavy atom. The van der Waals surface area contributed by atoms with Gasteiger partial charge in [-0.15, -0.1) is 0 Å². The first-order valence-electron chi connectivity index (χ1n) is 6.17. The van der Waals surface area contributed by atoms with Crippen molar-refractivity contribution >= 4 is 17.4 Å². The molecule has 1 fully saturated rings. The van der Waals surface area contributed by atoms with Crippen molar-refractivity contribution in [1.29, 1.82) is 0 Å². The van der Waals surface area contributed by atoms with Crippen LogP contribution in [0.2, 0.25) is 0 Å². The maximum Gasteiger partial charge on any atom is 0.287 e. The van der Waals surface area contributed by atoms with E-state index in [9.17, 15) is 14.9 Å². The van der Waals surface area contributed by atoms with Crippen LogP contribution in [0.3, 0.4) is 0 Å². The summed E-state index contributed by atoms with van der Waals surface area (Å²) in [7, 11) is 1.75. The molecule has 7 nitrogen and oxygen atoms in total. The molecule has 1 saturated heterocycles. The smallest absolute Gasteiger partial charge is 0.287 e. The zero-order valence-corrected chi connectivity index (χ0v) is 10.8. The zero-order chi connectivity index (χ0) is 13.8. The Balaban J connectivity index is 1.97. The monoisotopic (exact) mass is 264 g/mol. The Morgan fingerprint density at radius 3 is 2.68 bits per heavy atom. The number of anilines is 1. The second-order valence-electron chi connectivity index (χ2n) is 4.58. The number of carbonyl (C=O) groups excluding carboxylic acids is 1. The summed E-state index contributed by atoms with van der Waals surface area (Å²) in [6.07, 6.45) is 3.32. The van der Waals surface area contributed by atoms with Crippen molar-refractivity contribution in [3.05, 3.63) is 28.4 Å². The molecular formula is C12H16N4O3. The highest BCUT2D eigenvalue weighted by atomic mass is 16.6. The van der Waals surface area contributed by atoms with Gasteiger partial charge in [-0.05, 0) is 18.9 Å².